The standard InChI is InChI=1S/C65H52/c1-63(2)59-39-43(45-33-37-55-51-27-15-17-29-57(51)64(61(55)41-45,47-19-7-3-8-20-47)48-21-9-4-10-22-48)31-35-53(59)54-36-32-44(40-60(54)63)46-34-38-56-52-28-16-18-30-58(52)65(62(56)42-46,49-23-11-5-12-24-49)50-25-13-6-14-26-50/h3-31,33-35,37-40,42,45,52,58H,32,36,41H2,1-2H3. The van der Waals surface area contributed by atoms with Gasteiger partial charge < -0.3 is 0 Å². The Bertz CT molecular complexity index is 3160. The first-order valence-electron chi connectivity index (χ1n) is 23.8. The molecule has 0 N–H and O–H groups in total. The molecule has 0 saturated carbocycles. The van der Waals surface area contributed by atoms with Crippen LogP contribution in [0.15, 0.2) is 236 Å². The van der Waals surface area contributed by atoms with E-state index in [0.717, 1.165) is 19.3 Å². The van der Waals surface area contributed by atoms with E-state index in [4.69, 9.17) is 0 Å². The third kappa shape index (κ3) is 5.38. The Morgan fingerprint density at radius 2 is 1.14 bits per heavy atom. The van der Waals surface area contributed by atoms with Gasteiger partial charge in [0.15, 0.2) is 0 Å². The van der Waals surface area contributed by atoms with Crippen LogP contribution in [0, 0.1) is 5.92 Å². The summed E-state index contributed by atoms with van der Waals surface area (Å²) in [6.45, 7) is 4.94. The molecule has 0 spiro atoms. The Hall–Kier alpha value is -7.02. The second kappa shape index (κ2) is 14.5. The summed E-state index contributed by atoms with van der Waals surface area (Å²) in [6.07, 6.45) is 20.0. The van der Waals surface area contributed by atoms with E-state index in [1.165, 1.54) is 94.6 Å². The summed E-state index contributed by atoms with van der Waals surface area (Å²) < 4.78 is 0. The SMILES string of the molecule is CC1(C)C2=C(CCC(c3ccc4c(c3)C(c3ccccc3)(c3ccccc3)C3C=CC=CC43)=C2)c2ccc(C3C=CC4=C(C3)C(c3ccccc3)(c3ccccc3)c3ccccc34)cc21. The van der Waals surface area contributed by atoms with E-state index in [9.17, 15) is 0 Å². The largest absolute Gasteiger partial charge is 0.0789 e. The highest BCUT2D eigenvalue weighted by atomic mass is 14.5. The zero-order valence-electron chi connectivity index (χ0n) is 37.2. The molecule has 7 aromatic carbocycles. The fraction of sp³-hybridized carbons (Fsp3) is 0.169. The van der Waals surface area contributed by atoms with Gasteiger partial charge in [0.05, 0.1) is 10.8 Å². The monoisotopic (exact) mass is 832 g/mol. The maximum atomic E-state index is 2.59. The van der Waals surface area contributed by atoms with Gasteiger partial charge in [-0.1, -0.05) is 232 Å². The molecule has 0 bridgehead atoms. The molecule has 65 heavy (non-hydrogen) atoms. The molecule has 6 aliphatic rings. The molecule has 3 unspecified atom stereocenters. The van der Waals surface area contributed by atoms with E-state index in [2.05, 4.69) is 238 Å². The second-order valence-corrected chi connectivity index (χ2v) is 19.7. The lowest BCUT2D eigenvalue weighted by Crippen LogP contribution is -2.35. The van der Waals surface area contributed by atoms with Crippen molar-refractivity contribution < 1.29 is 0 Å². The van der Waals surface area contributed by atoms with Gasteiger partial charge in [-0.3, -0.25) is 0 Å². The van der Waals surface area contributed by atoms with Gasteiger partial charge in [-0.25, -0.2) is 0 Å². The Labute approximate surface area is 384 Å². The van der Waals surface area contributed by atoms with E-state index in [1.54, 1.807) is 0 Å². The minimum Gasteiger partial charge on any atom is -0.0789 e. The molecule has 312 valence electrons. The fourth-order valence-corrected chi connectivity index (χ4v) is 13.6. The summed E-state index contributed by atoms with van der Waals surface area (Å²) >= 11 is 0. The molecule has 0 nitrogen and oxygen atoms in total. The van der Waals surface area contributed by atoms with Gasteiger partial charge >= 0.3 is 0 Å². The van der Waals surface area contributed by atoms with Crippen molar-refractivity contribution in [2.24, 2.45) is 5.92 Å². The number of allylic oxidation sites excluding steroid dienone is 12. The predicted octanol–water partition coefficient (Wildman–Crippen LogP) is 15.6. The molecule has 6 aliphatic carbocycles. The lowest BCUT2D eigenvalue weighted by atomic mass is 9.63. The van der Waals surface area contributed by atoms with Gasteiger partial charge in [0.25, 0.3) is 0 Å². The van der Waals surface area contributed by atoms with Crippen LogP contribution in [0.5, 0.6) is 0 Å². The smallest absolute Gasteiger partial charge is 0.0676 e. The summed E-state index contributed by atoms with van der Waals surface area (Å²) in [5.74, 6) is 0.901. The molecule has 0 aromatic heterocycles. The molecule has 13 rings (SSSR count). The van der Waals surface area contributed by atoms with Crippen LogP contribution in [0.25, 0.3) is 16.7 Å². The van der Waals surface area contributed by atoms with E-state index in [1.807, 2.05) is 0 Å². The van der Waals surface area contributed by atoms with Crippen LogP contribution in [-0.4, -0.2) is 0 Å². The molecule has 0 heteroatoms. The lowest BCUT2D eigenvalue weighted by Gasteiger charge is -2.39. The average molecular weight is 833 g/mol. The molecule has 0 amide bonds. The first kappa shape index (κ1) is 38.4. The van der Waals surface area contributed by atoms with Crippen LogP contribution in [0.2, 0.25) is 0 Å². The highest BCUT2D eigenvalue weighted by molar-refractivity contribution is 5.92. The number of hydrogen-bond acceptors (Lipinski definition) is 0. The highest BCUT2D eigenvalue weighted by Gasteiger charge is 2.53. The molecular weight excluding hydrogens is 781 g/mol. The summed E-state index contributed by atoms with van der Waals surface area (Å²) in [7, 11) is 0. The predicted molar refractivity (Wildman–Crippen MR) is 270 cm³/mol. The van der Waals surface area contributed by atoms with Crippen LogP contribution in [0.4, 0.5) is 0 Å². The number of fused-ring (bicyclic) bond motifs is 7. The van der Waals surface area contributed by atoms with Gasteiger partial charge in [0.2, 0.25) is 0 Å². The van der Waals surface area contributed by atoms with Crippen molar-refractivity contribution in [1.82, 2.24) is 0 Å². The molecule has 0 saturated heterocycles. The first-order chi connectivity index (χ1) is 32.0. The van der Waals surface area contributed by atoms with Crippen molar-refractivity contribution >= 4 is 16.7 Å². The fourth-order valence-electron chi connectivity index (χ4n) is 13.6. The van der Waals surface area contributed by atoms with Gasteiger partial charge in [-0.2, -0.15) is 0 Å². The van der Waals surface area contributed by atoms with Crippen LogP contribution in [0.1, 0.15) is 112 Å². The van der Waals surface area contributed by atoms with Crippen molar-refractivity contribution in [1.29, 1.82) is 0 Å². The second-order valence-electron chi connectivity index (χ2n) is 19.7. The topological polar surface area (TPSA) is 0 Å². The zero-order chi connectivity index (χ0) is 43.3. The van der Waals surface area contributed by atoms with Gasteiger partial charge in [0, 0.05) is 23.2 Å². The van der Waals surface area contributed by atoms with Crippen molar-refractivity contribution in [3.63, 3.8) is 0 Å². The quantitative estimate of drug-likeness (QED) is 0.157. The zero-order valence-corrected chi connectivity index (χ0v) is 37.2. The average Bonchev–Trinajstić information content (AvgIpc) is 3.93. The highest BCUT2D eigenvalue weighted by Crippen LogP contribution is 2.62. The summed E-state index contributed by atoms with van der Waals surface area (Å²) in [4.78, 5) is 0. The van der Waals surface area contributed by atoms with Gasteiger partial charge in [0.1, 0.15) is 0 Å². The minimum atomic E-state index is -0.347. The van der Waals surface area contributed by atoms with Crippen LogP contribution in [-0.2, 0) is 16.2 Å². The molecule has 0 aliphatic heterocycles. The van der Waals surface area contributed by atoms with Gasteiger partial charge in [-0.05, 0) is 120 Å². The summed E-state index contributed by atoms with van der Waals surface area (Å²) in [6, 6.07) is 69.3. The third-order valence-corrected chi connectivity index (χ3v) is 16.5. The minimum absolute atomic E-state index is 0.115. The van der Waals surface area contributed by atoms with E-state index < -0.39 is 0 Å². The van der Waals surface area contributed by atoms with Crippen molar-refractivity contribution in [2.75, 3.05) is 0 Å². The van der Waals surface area contributed by atoms with E-state index >= 15 is 0 Å². The number of rotatable bonds is 6. The molecule has 7 aromatic rings. The maximum absolute atomic E-state index is 2.59. The van der Waals surface area contributed by atoms with Crippen molar-refractivity contribution in [3.8, 4) is 0 Å². The Morgan fingerprint density at radius 1 is 0.508 bits per heavy atom. The molecule has 0 fully saturated rings. The number of benzene rings is 7. The molecule has 3 atom stereocenters. The third-order valence-electron chi connectivity index (χ3n) is 16.5. The molecule has 0 radical (unpaired) electrons. The van der Waals surface area contributed by atoms with E-state index in [0.29, 0.717) is 11.8 Å². The number of hydrogen-bond donors (Lipinski definition) is 0. The summed E-state index contributed by atoms with van der Waals surface area (Å²) in [5, 5.41) is 0. The van der Waals surface area contributed by atoms with Crippen LogP contribution < -0.4 is 0 Å². The Kier molecular flexibility index (Phi) is 8.57. The van der Waals surface area contributed by atoms with E-state index in [-0.39, 0.29) is 22.2 Å². The lowest BCUT2D eigenvalue weighted by molar-refractivity contribution is 0.456. The van der Waals surface area contributed by atoms with Crippen LogP contribution in [0.3, 0.4) is 0 Å². The normalized spacial score (nSPS) is 22.1. The summed E-state index contributed by atoms with van der Waals surface area (Å²) in [5.41, 5.74) is 23.4. The first-order valence-corrected chi connectivity index (χ1v) is 23.8. The van der Waals surface area contributed by atoms with Gasteiger partial charge in [-0.15, -0.1) is 0 Å². The molecule has 0 heterocycles. The Morgan fingerprint density at radius 3 is 1.83 bits per heavy atom. The molecular formula is C65H52. The van der Waals surface area contributed by atoms with Crippen LogP contribution >= 0.6 is 0 Å². The van der Waals surface area contributed by atoms with Crippen molar-refractivity contribution in [2.45, 2.75) is 61.2 Å². The van der Waals surface area contributed by atoms with Crippen molar-refractivity contribution in [3.05, 3.63) is 302 Å². The Balaban J connectivity index is 0.873. The maximum Gasteiger partial charge on any atom is 0.0676 e.